The predicted octanol–water partition coefficient (Wildman–Crippen LogP) is 2.09. The Morgan fingerprint density at radius 2 is 1.85 bits per heavy atom. The summed E-state index contributed by atoms with van der Waals surface area (Å²) in [4.78, 5) is 24.0. The summed E-state index contributed by atoms with van der Waals surface area (Å²) in [6, 6.07) is 0. The van der Waals surface area contributed by atoms with Gasteiger partial charge in [-0.15, -0.1) is 0 Å². The molecule has 0 aromatic carbocycles. The van der Waals surface area contributed by atoms with E-state index in [4.69, 9.17) is 9.84 Å². The molecule has 0 saturated carbocycles. The van der Waals surface area contributed by atoms with Crippen molar-refractivity contribution >= 4 is 12.1 Å². The summed E-state index contributed by atoms with van der Waals surface area (Å²) < 4.78 is 5.12. The topological polar surface area (TPSA) is 78.9 Å². The largest absolute Gasteiger partial charge is 0.480 e. The van der Waals surface area contributed by atoms with Gasteiger partial charge in [-0.1, -0.05) is 6.92 Å². The lowest BCUT2D eigenvalue weighted by Gasteiger charge is -2.20. The van der Waals surface area contributed by atoms with Gasteiger partial charge in [-0.25, -0.2) is 4.79 Å². The molecule has 0 aliphatic rings. The molecule has 0 fully saturated rings. The van der Waals surface area contributed by atoms with Gasteiger partial charge in [0.05, 0.1) is 6.54 Å². The monoisotopic (exact) mass is 288 g/mol. The van der Waals surface area contributed by atoms with Crippen molar-refractivity contribution in [3.63, 3.8) is 0 Å². The molecule has 1 amide bonds. The van der Waals surface area contributed by atoms with Crippen molar-refractivity contribution in [3.05, 3.63) is 0 Å². The Morgan fingerprint density at radius 3 is 2.35 bits per heavy atom. The number of nitrogens with zero attached hydrogens (tertiary/aromatic N) is 1. The van der Waals surface area contributed by atoms with E-state index >= 15 is 0 Å². The third-order valence-electron chi connectivity index (χ3n) is 2.47. The summed E-state index contributed by atoms with van der Waals surface area (Å²) in [6.45, 7) is 9.62. The van der Waals surface area contributed by atoms with Crippen molar-refractivity contribution in [2.24, 2.45) is 0 Å². The van der Waals surface area contributed by atoms with Crippen LogP contribution in [0.3, 0.4) is 0 Å². The van der Waals surface area contributed by atoms with Crippen LogP contribution in [0.25, 0.3) is 0 Å². The number of carboxylic acids is 1. The molecular formula is C14H28N2O4. The molecule has 0 aliphatic carbocycles. The van der Waals surface area contributed by atoms with E-state index in [9.17, 15) is 9.59 Å². The molecular weight excluding hydrogens is 260 g/mol. The number of hydrogen-bond acceptors (Lipinski definition) is 4. The first-order chi connectivity index (χ1) is 9.24. The predicted molar refractivity (Wildman–Crippen MR) is 77.8 cm³/mol. The number of carbonyl (C=O) groups excluding carboxylic acids is 1. The first kappa shape index (κ1) is 18.7. The minimum atomic E-state index is -0.801. The number of rotatable bonds is 9. The van der Waals surface area contributed by atoms with Gasteiger partial charge >= 0.3 is 12.1 Å². The Balaban J connectivity index is 3.73. The Labute approximate surface area is 121 Å². The van der Waals surface area contributed by atoms with Crippen molar-refractivity contribution in [2.75, 3.05) is 26.2 Å². The summed E-state index contributed by atoms with van der Waals surface area (Å²) in [7, 11) is 0. The average molecular weight is 288 g/mol. The first-order valence-electron chi connectivity index (χ1n) is 7.15. The standard InChI is InChI=1S/C14H28N2O4/c1-5-9-16(11-12(17)18)10-7-6-8-15-13(19)20-14(2,3)4/h5-11H2,1-4H3,(H,15,19)(H,17,18). The van der Waals surface area contributed by atoms with E-state index in [2.05, 4.69) is 5.32 Å². The lowest BCUT2D eigenvalue weighted by Crippen LogP contribution is -2.34. The van der Waals surface area contributed by atoms with Crippen molar-refractivity contribution in [3.8, 4) is 0 Å². The molecule has 0 bridgehead atoms. The van der Waals surface area contributed by atoms with E-state index in [-0.39, 0.29) is 6.54 Å². The number of alkyl carbamates (subject to hydrolysis) is 1. The summed E-state index contributed by atoms with van der Waals surface area (Å²) in [6.07, 6.45) is 2.18. The molecule has 6 nitrogen and oxygen atoms in total. The third-order valence-corrected chi connectivity index (χ3v) is 2.47. The van der Waals surface area contributed by atoms with Gasteiger partial charge in [-0.2, -0.15) is 0 Å². The normalized spacial score (nSPS) is 11.4. The highest BCUT2D eigenvalue weighted by Crippen LogP contribution is 2.06. The van der Waals surface area contributed by atoms with Crippen LogP contribution >= 0.6 is 0 Å². The number of carbonyl (C=O) groups is 2. The third kappa shape index (κ3) is 11.8. The smallest absolute Gasteiger partial charge is 0.407 e. The van der Waals surface area contributed by atoms with Crippen LogP contribution in [0.2, 0.25) is 0 Å². The molecule has 0 spiro atoms. The van der Waals surface area contributed by atoms with Crippen LogP contribution in [-0.4, -0.2) is 53.8 Å². The molecule has 0 heterocycles. The van der Waals surface area contributed by atoms with Gasteiger partial charge in [0.2, 0.25) is 0 Å². The quantitative estimate of drug-likeness (QED) is 0.635. The van der Waals surface area contributed by atoms with Crippen LogP contribution in [-0.2, 0) is 9.53 Å². The lowest BCUT2D eigenvalue weighted by atomic mass is 10.2. The maximum absolute atomic E-state index is 11.4. The van der Waals surface area contributed by atoms with Crippen LogP contribution in [0.15, 0.2) is 0 Å². The second-order valence-electron chi connectivity index (χ2n) is 5.81. The maximum Gasteiger partial charge on any atom is 0.407 e. The Bertz CT molecular complexity index is 300. The fourth-order valence-electron chi connectivity index (χ4n) is 1.74. The second kappa shape index (κ2) is 9.58. The maximum atomic E-state index is 11.4. The van der Waals surface area contributed by atoms with Gasteiger partial charge in [-0.3, -0.25) is 9.69 Å². The molecule has 20 heavy (non-hydrogen) atoms. The van der Waals surface area contributed by atoms with E-state index in [0.29, 0.717) is 6.54 Å². The SMILES string of the molecule is CCCN(CCCCNC(=O)OC(C)(C)C)CC(=O)O. The minimum Gasteiger partial charge on any atom is -0.480 e. The molecule has 0 saturated heterocycles. The molecule has 118 valence electrons. The second-order valence-corrected chi connectivity index (χ2v) is 5.81. The Hall–Kier alpha value is -1.30. The summed E-state index contributed by atoms with van der Waals surface area (Å²) in [5.74, 6) is -0.801. The Kier molecular flexibility index (Phi) is 8.96. The summed E-state index contributed by atoms with van der Waals surface area (Å²) in [5.41, 5.74) is -0.483. The number of nitrogens with one attached hydrogen (secondary N) is 1. The van der Waals surface area contributed by atoms with Crippen LogP contribution in [0.5, 0.6) is 0 Å². The van der Waals surface area contributed by atoms with Gasteiger partial charge in [0.15, 0.2) is 0 Å². The first-order valence-corrected chi connectivity index (χ1v) is 7.15. The van der Waals surface area contributed by atoms with Gasteiger partial charge in [-0.05, 0) is 53.1 Å². The zero-order chi connectivity index (χ0) is 15.6. The highest BCUT2D eigenvalue weighted by Gasteiger charge is 2.15. The molecule has 2 N–H and O–H groups in total. The number of aliphatic carboxylic acids is 1. The fraction of sp³-hybridized carbons (Fsp3) is 0.857. The van der Waals surface area contributed by atoms with Gasteiger partial charge < -0.3 is 15.2 Å². The van der Waals surface area contributed by atoms with Gasteiger partial charge in [0.1, 0.15) is 5.60 Å². The van der Waals surface area contributed by atoms with E-state index in [1.54, 1.807) is 0 Å². The Morgan fingerprint density at radius 1 is 1.20 bits per heavy atom. The average Bonchev–Trinajstić information content (AvgIpc) is 2.25. The molecule has 0 aromatic heterocycles. The number of ether oxygens (including phenoxy) is 1. The number of hydrogen-bond donors (Lipinski definition) is 2. The van der Waals surface area contributed by atoms with Crippen molar-refractivity contribution in [1.29, 1.82) is 0 Å². The molecule has 0 rings (SSSR count). The summed E-state index contributed by atoms with van der Waals surface area (Å²) in [5, 5.41) is 11.5. The van der Waals surface area contributed by atoms with Crippen LogP contribution in [0.4, 0.5) is 4.79 Å². The fourth-order valence-corrected chi connectivity index (χ4v) is 1.74. The number of unbranched alkanes of at least 4 members (excludes halogenated alkanes) is 1. The minimum absolute atomic E-state index is 0.0767. The number of amides is 1. The van der Waals surface area contributed by atoms with Crippen molar-refractivity contribution in [1.82, 2.24) is 10.2 Å². The van der Waals surface area contributed by atoms with Gasteiger partial charge in [0.25, 0.3) is 0 Å². The van der Waals surface area contributed by atoms with Crippen molar-refractivity contribution < 1.29 is 19.4 Å². The highest BCUT2D eigenvalue weighted by molar-refractivity contribution is 5.69. The van der Waals surface area contributed by atoms with E-state index < -0.39 is 17.7 Å². The van der Waals surface area contributed by atoms with Crippen LogP contribution in [0, 0.1) is 0 Å². The lowest BCUT2D eigenvalue weighted by molar-refractivity contribution is -0.138. The number of carboxylic acid groups (broad SMARTS) is 1. The van der Waals surface area contributed by atoms with Crippen molar-refractivity contribution in [2.45, 2.75) is 52.6 Å². The molecule has 0 radical (unpaired) electrons. The van der Waals surface area contributed by atoms with Crippen LogP contribution < -0.4 is 5.32 Å². The molecule has 0 unspecified atom stereocenters. The molecule has 6 heteroatoms. The van der Waals surface area contributed by atoms with E-state index in [1.807, 2.05) is 32.6 Å². The van der Waals surface area contributed by atoms with E-state index in [1.165, 1.54) is 0 Å². The molecule has 0 aliphatic heterocycles. The van der Waals surface area contributed by atoms with E-state index in [0.717, 1.165) is 32.4 Å². The van der Waals surface area contributed by atoms with Crippen LogP contribution in [0.1, 0.15) is 47.0 Å². The van der Waals surface area contributed by atoms with Gasteiger partial charge in [0, 0.05) is 6.54 Å². The zero-order valence-electron chi connectivity index (χ0n) is 13.1. The molecule has 0 atom stereocenters. The molecule has 0 aromatic rings. The zero-order valence-corrected chi connectivity index (χ0v) is 13.1. The summed E-state index contributed by atoms with van der Waals surface area (Å²) >= 11 is 0. The highest BCUT2D eigenvalue weighted by atomic mass is 16.6.